The van der Waals surface area contributed by atoms with Gasteiger partial charge in [-0.25, -0.2) is 4.98 Å². The lowest BCUT2D eigenvalue weighted by molar-refractivity contribution is -0.117. The molecule has 2 heterocycles. The van der Waals surface area contributed by atoms with Crippen molar-refractivity contribution in [3.63, 3.8) is 0 Å². The number of hydrogen-bond donors (Lipinski definition) is 2. The van der Waals surface area contributed by atoms with E-state index in [1.54, 1.807) is 30.7 Å². The molecule has 0 aliphatic rings. The summed E-state index contributed by atoms with van der Waals surface area (Å²) in [7, 11) is 0. The molecule has 6 nitrogen and oxygen atoms in total. The normalized spacial score (nSPS) is 10.7. The Labute approximate surface area is 133 Å². The van der Waals surface area contributed by atoms with Gasteiger partial charge in [-0.2, -0.15) is 0 Å². The maximum Gasteiger partial charge on any atom is 0.238 e. The van der Waals surface area contributed by atoms with Crippen molar-refractivity contribution in [3.05, 3.63) is 53.6 Å². The van der Waals surface area contributed by atoms with E-state index in [0.29, 0.717) is 18.8 Å². The Kier molecular flexibility index (Phi) is 6.27. The molecule has 0 bridgehead atoms. The molecule has 1 amide bonds. The van der Waals surface area contributed by atoms with E-state index in [0.717, 1.165) is 5.56 Å². The highest BCUT2D eigenvalue weighted by Gasteiger charge is 2.12. The minimum Gasteiger partial charge on any atom is -0.395 e. The largest absolute Gasteiger partial charge is 0.395 e. The summed E-state index contributed by atoms with van der Waals surface area (Å²) in [5.41, 5.74) is 1.45. The maximum atomic E-state index is 12.1. The Morgan fingerprint density at radius 1 is 1.32 bits per heavy atom. The third-order valence-corrected chi connectivity index (χ3v) is 3.25. The number of anilines is 1. The van der Waals surface area contributed by atoms with E-state index in [1.807, 2.05) is 17.0 Å². The molecular formula is C15H17ClN4O2. The average molecular weight is 321 g/mol. The topological polar surface area (TPSA) is 78.4 Å². The van der Waals surface area contributed by atoms with Gasteiger partial charge in [-0.1, -0.05) is 17.7 Å². The van der Waals surface area contributed by atoms with Crippen LogP contribution in [0.3, 0.4) is 0 Å². The van der Waals surface area contributed by atoms with Crippen LogP contribution in [0, 0.1) is 0 Å². The Balaban J connectivity index is 1.95. The van der Waals surface area contributed by atoms with Gasteiger partial charge in [0, 0.05) is 31.7 Å². The minimum atomic E-state index is -0.216. The predicted molar refractivity (Wildman–Crippen MR) is 84.5 cm³/mol. The molecule has 0 saturated heterocycles. The quantitative estimate of drug-likeness (QED) is 0.757. The summed E-state index contributed by atoms with van der Waals surface area (Å²) in [5, 5.41) is 12.1. The van der Waals surface area contributed by atoms with Crippen LogP contribution in [-0.2, 0) is 11.3 Å². The molecule has 0 radical (unpaired) electrons. The van der Waals surface area contributed by atoms with Gasteiger partial charge in [0.25, 0.3) is 0 Å². The van der Waals surface area contributed by atoms with E-state index in [9.17, 15) is 4.79 Å². The van der Waals surface area contributed by atoms with Crippen molar-refractivity contribution in [1.82, 2.24) is 14.9 Å². The Bertz CT molecular complexity index is 610. The summed E-state index contributed by atoms with van der Waals surface area (Å²) in [6, 6.07) is 7.14. The maximum absolute atomic E-state index is 12.1. The number of pyridine rings is 2. The summed E-state index contributed by atoms with van der Waals surface area (Å²) < 4.78 is 0. The lowest BCUT2D eigenvalue weighted by Gasteiger charge is -2.20. The second-order valence-electron chi connectivity index (χ2n) is 4.69. The van der Waals surface area contributed by atoms with E-state index in [1.165, 1.54) is 0 Å². The Morgan fingerprint density at radius 2 is 2.14 bits per heavy atom. The van der Waals surface area contributed by atoms with E-state index >= 15 is 0 Å². The molecule has 2 N–H and O–H groups in total. The Morgan fingerprint density at radius 3 is 2.82 bits per heavy atom. The van der Waals surface area contributed by atoms with Gasteiger partial charge in [0.05, 0.1) is 18.8 Å². The number of hydrogen-bond acceptors (Lipinski definition) is 5. The Hall–Kier alpha value is -2.02. The van der Waals surface area contributed by atoms with Crippen molar-refractivity contribution in [2.75, 3.05) is 25.0 Å². The first-order valence-electron chi connectivity index (χ1n) is 6.81. The van der Waals surface area contributed by atoms with Crippen LogP contribution in [0.15, 0.2) is 42.9 Å². The average Bonchev–Trinajstić information content (AvgIpc) is 2.51. The van der Waals surface area contributed by atoms with Gasteiger partial charge < -0.3 is 10.4 Å². The fraction of sp³-hybridized carbons (Fsp3) is 0.267. The molecule has 0 aliphatic heterocycles. The molecule has 22 heavy (non-hydrogen) atoms. The first kappa shape index (κ1) is 16.4. The molecule has 116 valence electrons. The molecule has 0 aromatic carbocycles. The second-order valence-corrected chi connectivity index (χ2v) is 5.04. The molecule has 2 aromatic rings. The van der Waals surface area contributed by atoms with Gasteiger partial charge in [0.1, 0.15) is 0 Å². The van der Waals surface area contributed by atoms with Crippen molar-refractivity contribution in [1.29, 1.82) is 0 Å². The summed E-state index contributed by atoms with van der Waals surface area (Å²) in [4.78, 5) is 21.9. The van der Waals surface area contributed by atoms with Crippen LogP contribution in [0.2, 0.25) is 5.15 Å². The van der Waals surface area contributed by atoms with Gasteiger partial charge in [-0.3, -0.25) is 14.7 Å². The highest BCUT2D eigenvalue weighted by Crippen LogP contribution is 2.17. The molecule has 0 unspecified atom stereocenters. The van der Waals surface area contributed by atoms with Crippen molar-refractivity contribution < 1.29 is 9.90 Å². The number of aliphatic hydroxyl groups excluding tert-OH is 1. The molecule has 2 aromatic heterocycles. The summed E-state index contributed by atoms with van der Waals surface area (Å²) in [6.45, 7) is 1.04. The molecular weight excluding hydrogens is 304 g/mol. The lowest BCUT2D eigenvalue weighted by Crippen LogP contribution is -2.35. The van der Waals surface area contributed by atoms with Crippen molar-refractivity contribution in [3.8, 4) is 0 Å². The van der Waals surface area contributed by atoms with Crippen LogP contribution >= 0.6 is 11.6 Å². The molecule has 0 fully saturated rings. The van der Waals surface area contributed by atoms with Gasteiger partial charge in [0.2, 0.25) is 5.91 Å². The van der Waals surface area contributed by atoms with Gasteiger partial charge in [-0.05, 0) is 23.8 Å². The van der Waals surface area contributed by atoms with Crippen molar-refractivity contribution in [2.45, 2.75) is 6.54 Å². The van der Waals surface area contributed by atoms with Gasteiger partial charge in [-0.15, -0.1) is 0 Å². The fourth-order valence-corrected chi connectivity index (χ4v) is 2.14. The molecule has 0 aliphatic carbocycles. The number of aliphatic hydroxyl groups is 1. The standard InChI is InChI=1S/C15H17ClN4O2/c16-15-13(4-2-6-18-15)19-14(22)11-20(7-8-21)10-12-3-1-5-17-9-12/h1-6,9,21H,7-8,10-11H2,(H,19,22). The lowest BCUT2D eigenvalue weighted by atomic mass is 10.2. The molecule has 0 atom stereocenters. The molecule has 0 spiro atoms. The first-order chi connectivity index (χ1) is 10.7. The van der Waals surface area contributed by atoms with Crippen LogP contribution in [0.5, 0.6) is 0 Å². The van der Waals surface area contributed by atoms with Crippen molar-refractivity contribution in [2.24, 2.45) is 0 Å². The number of carbonyl (C=O) groups is 1. The SMILES string of the molecule is O=C(CN(CCO)Cc1cccnc1)Nc1cccnc1Cl. The van der Waals surface area contributed by atoms with Crippen LogP contribution in [0.25, 0.3) is 0 Å². The number of nitrogens with one attached hydrogen (secondary N) is 1. The number of amides is 1. The predicted octanol–water partition coefficient (Wildman–Crippen LogP) is 1.56. The van der Waals surface area contributed by atoms with Crippen LogP contribution in [0.4, 0.5) is 5.69 Å². The van der Waals surface area contributed by atoms with Crippen LogP contribution in [0.1, 0.15) is 5.56 Å². The zero-order valence-electron chi connectivity index (χ0n) is 11.9. The third-order valence-electron chi connectivity index (χ3n) is 2.95. The number of nitrogens with zero attached hydrogens (tertiary/aromatic N) is 3. The second kappa shape index (κ2) is 8.43. The third kappa shape index (κ3) is 5.07. The van der Waals surface area contributed by atoms with Crippen LogP contribution in [-0.4, -0.2) is 45.6 Å². The highest BCUT2D eigenvalue weighted by atomic mass is 35.5. The van der Waals surface area contributed by atoms with E-state index < -0.39 is 0 Å². The highest BCUT2D eigenvalue weighted by molar-refractivity contribution is 6.32. The van der Waals surface area contributed by atoms with Crippen molar-refractivity contribution >= 4 is 23.2 Å². The molecule has 2 rings (SSSR count). The van der Waals surface area contributed by atoms with E-state index in [-0.39, 0.29) is 24.2 Å². The first-order valence-corrected chi connectivity index (χ1v) is 7.19. The zero-order chi connectivity index (χ0) is 15.8. The number of carbonyl (C=O) groups excluding carboxylic acids is 1. The van der Waals surface area contributed by atoms with Crippen LogP contribution < -0.4 is 5.32 Å². The summed E-state index contributed by atoms with van der Waals surface area (Å²) in [6.07, 6.45) is 4.98. The fourth-order valence-electron chi connectivity index (χ4n) is 1.98. The minimum absolute atomic E-state index is 0.0266. The number of halogens is 1. The van der Waals surface area contributed by atoms with Gasteiger partial charge in [0.15, 0.2) is 5.15 Å². The summed E-state index contributed by atoms with van der Waals surface area (Å²) >= 11 is 5.91. The summed E-state index contributed by atoms with van der Waals surface area (Å²) in [5.74, 6) is -0.216. The zero-order valence-corrected chi connectivity index (χ0v) is 12.7. The number of aromatic nitrogens is 2. The molecule has 7 heteroatoms. The van der Waals surface area contributed by atoms with E-state index in [2.05, 4.69) is 15.3 Å². The molecule has 0 saturated carbocycles. The van der Waals surface area contributed by atoms with E-state index in [4.69, 9.17) is 16.7 Å². The number of rotatable bonds is 7. The van der Waals surface area contributed by atoms with Gasteiger partial charge >= 0.3 is 0 Å². The monoisotopic (exact) mass is 320 g/mol. The smallest absolute Gasteiger partial charge is 0.238 e.